The van der Waals surface area contributed by atoms with Crippen LogP contribution >= 0.6 is 11.8 Å². The van der Waals surface area contributed by atoms with Crippen molar-refractivity contribution in [1.29, 1.82) is 0 Å². The second-order valence-corrected chi connectivity index (χ2v) is 34.2. The van der Waals surface area contributed by atoms with Crippen molar-refractivity contribution < 1.29 is 121 Å². The van der Waals surface area contributed by atoms with Gasteiger partial charge in [0.15, 0.2) is 0 Å². The molecule has 5 rings (SSSR count). The number of nitrogens with zero attached hydrogens (tertiary/aromatic N) is 2. The molecule has 45 heteroatoms. The van der Waals surface area contributed by atoms with E-state index < -0.39 is 279 Å². The third-order valence-corrected chi connectivity index (χ3v) is 22.0. The van der Waals surface area contributed by atoms with Crippen LogP contribution in [0.15, 0.2) is 121 Å². The van der Waals surface area contributed by atoms with Gasteiger partial charge in [-0.3, -0.25) is 95.9 Å². The lowest BCUT2D eigenvalue weighted by atomic mass is 9.85. The lowest BCUT2D eigenvalue weighted by Crippen LogP contribution is -2.63. The Morgan fingerprint density at radius 3 is 1.38 bits per heavy atom. The number of fused-ring (bicyclic) bond motifs is 1. The van der Waals surface area contributed by atoms with Crippen LogP contribution in [0.4, 0.5) is 0 Å². The monoisotopic (exact) mass is 1880 g/mol. The third-order valence-electron chi connectivity index (χ3n) is 20.9. The molecular weight excluding hydrogens is 1760 g/mol. The summed E-state index contributed by atoms with van der Waals surface area (Å²) in [6.45, 7) is 13.1. The molecule has 4 aromatic rings. The predicted octanol–water partition coefficient (Wildman–Crippen LogP) is -4.03. The van der Waals surface area contributed by atoms with Gasteiger partial charge in [-0.05, 0) is 105 Å². The Bertz CT molecular complexity index is 4890. The zero-order valence-corrected chi connectivity index (χ0v) is 76.0. The molecule has 15 atom stereocenters. The van der Waals surface area contributed by atoms with Gasteiger partial charge in [0.1, 0.15) is 90.3 Å². The number of phenols is 1. The summed E-state index contributed by atoms with van der Waals surface area (Å²) >= 11 is 1.04. The van der Waals surface area contributed by atoms with E-state index >= 15 is 4.79 Å². The molecular formula is C88H121N19O25S. The zero-order valence-electron chi connectivity index (χ0n) is 75.2. The number of hydrogen-bond donors (Lipinski definition) is 22. The highest BCUT2D eigenvalue weighted by atomic mass is 32.2. The largest absolute Gasteiger partial charge is 0.508 e. The lowest BCUT2D eigenvalue weighted by molar-refractivity contribution is -0.142. The quantitative estimate of drug-likeness (QED) is 0.0253. The average molecular weight is 1880 g/mol. The minimum Gasteiger partial charge on any atom is -0.508 e. The average Bonchev–Trinajstić information content (AvgIpc) is 0.818. The number of nitrogens with two attached hydrogens (primary N) is 3. The van der Waals surface area contributed by atoms with Crippen LogP contribution in [0.3, 0.4) is 0 Å². The number of thioether (sulfide) groups is 1. The number of carboxylic acids is 4. The first kappa shape index (κ1) is 110. The number of rotatable bonds is 27. The van der Waals surface area contributed by atoms with Gasteiger partial charge in [-0.1, -0.05) is 131 Å². The van der Waals surface area contributed by atoms with E-state index in [9.17, 15) is 117 Å². The van der Waals surface area contributed by atoms with Gasteiger partial charge in [-0.15, -0.1) is 0 Å². The van der Waals surface area contributed by atoms with Crippen LogP contribution in [0, 0.1) is 5.41 Å². The molecule has 44 nitrogen and oxygen atoms in total. The normalized spacial score (nSPS) is 23.9. The molecule has 0 aliphatic carbocycles. The first-order valence-electron chi connectivity index (χ1n) is 42.6. The van der Waals surface area contributed by atoms with E-state index in [1.54, 1.807) is 66.7 Å². The van der Waals surface area contributed by atoms with Crippen LogP contribution in [0.25, 0.3) is 10.8 Å². The number of aliphatic carboxylic acids is 4. The summed E-state index contributed by atoms with van der Waals surface area (Å²) in [4.78, 5) is 283. The highest BCUT2D eigenvalue weighted by Crippen LogP contribution is 2.24. The van der Waals surface area contributed by atoms with Gasteiger partial charge in [-0.25, -0.2) is 0 Å². The fourth-order valence-corrected chi connectivity index (χ4v) is 14.6. The standard InChI is InChI=1S/C88H121N19O25S/c1-11-19-49(12-2)44-133-45-66-86(131)95-57(31-33-69(112)113)78(123)100-62(40-70(114)115)83(128)98-58(36-50-20-14-13-15-21-50)80(125)97-59(37-51-26-28-54(108)29-27-51)81(126)101-63(41-71(116)117)84(129)105-72(88(6,7)8)87(132)102-64(73(91)118)42-106(9)34-35-107(10)43-65(103-74(119)46(3)89)85(130)93-47(4)75(120)96-61(39-67(90)109)82(127)94-56(30-32-68(110)111)77(122)99-60(79(124)92-48(5)76(121)104-66)38-53-24-18-23-52-22-16-17-25-55(52)53/h12-29,46-48,56-66,72,108H,2,11,30-45,89H2,1,3-10H3,(H2,90,109)(H2,91,118)(H,92,124)(H,93,130)(H,94,127)(H,95,131)(H,96,120)(H,97,125)(H,98,128)(H,99,122)(H,100,123)(H,101,126)(H,102,132)(H,103,119)(H,104,121)(H,105,129)(H,110,111)(H,112,113)(H,114,115)(H,116,117)/b49-19+/t46-,47+,48+,56-,57-,58-,59-,60-,61-,62-,63-,64-,65-,66+,72+/m0/s1. The van der Waals surface area contributed by atoms with Gasteiger partial charge >= 0.3 is 23.9 Å². The number of likely N-dealkylation sites (N-methyl/N-ethyl adjacent to an activating group) is 2. The summed E-state index contributed by atoms with van der Waals surface area (Å²) in [7, 11) is 3.01. The molecule has 0 spiro atoms. The van der Waals surface area contributed by atoms with Crippen LogP contribution < -0.4 is 91.6 Å². The number of primary amides is 2. The first-order chi connectivity index (χ1) is 62.6. The van der Waals surface area contributed by atoms with Crippen molar-refractivity contribution in [2.24, 2.45) is 22.6 Å². The number of carbonyl (C=O) groups is 20. The first-order valence-corrected chi connectivity index (χ1v) is 43.7. The van der Waals surface area contributed by atoms with Crippen molar-refractivity contribution in [2.75, 3.05) is 51.8 Å². The molecule has 25 N–H and O–H groups in total. The molecule has 1 fully saturated rings. The van der Waals surface area contributed by atoms with Gasteiger partial charge in [0.25, 0.3) is 0 Å². The summed E-state index contributed by atoms with van der Waals surface area (Å²) in [6, 6.07) is -2.13. The number of allylic oxidation sites excluding steroid dienone is 2. The molecule has 0 radical (unpaired) electrons. The molecule has 1 heterocycles. The van der Waals surface area contributed by atoms with Crippen LogP contribution in [0.1, 0.15) is 117 Å². The summed E-state index contributed by atoms with van der Waals surface area (Å²) in [5.74, 6) is -25.9. The molecule has 724 valence electrons. The number of benzene rings is 4. The molecule has 0 bridgehead atoms. The van der Waals surface area contributed by atoms with E-state index in [2.05, 4.69) is 81.0 Å². The summed E-state index contributed by atoms with van der Waals surface area (Å²) in [5, 5.41) is 85.9. The van der Waals surface area contributed by atoms with Crippen LogP contribution in [0.2, 0.25) is 0 Å². The Kier molecular flexibility index (Phi) is 44.0. The number of carbonyl (C=O) groups excluding carboxylic acids is 16. The van der Waals surface area contributed by atoms with Gasteiger partial charge < -0.3 is 127 Å². The minimum absolute atomic E-state index is 0.00445. The molecule has 16 amide bonds. The number of carboxylic acid groups (broad SMARTS) is 4. The number of nitrogens with one attached hydrogen (secondary N) is 14. The van der Waals surface area contributed by atoms with E-state index in [0.717, 1.165) is 18.7 Å². The maximum absolute atomic E-state index is 15.1. The molecule has 133 heavy (non-hydrogen) atoms. The molecule has 1 aliphatic heterocycles. The predicted molar refractivity (Wildman–Crippen MR) is 483 cm³/mol. The minimum atomic E-state index is -2.21. The van der Waals surface area contributed by atoms with E-state index in [0.29, 0.717) is 33.9 Å². The van der Waals surface area contributed by atoms with E-state index in [1.807, 2.05) is 6.92 Å². The SMILES string of the molecule is C=C/C(=C\CC)CSC[C@H]1NC(=O)[C@@H](C)NC(=O)[C@H](Cc2cccc3ccccc23)NC(=O)[C@H](CCC(=O)O)NC(=O)[C@H](CC(N)=O)NC(=O)[C@@H](C)NC(=O)[C@@H](NC(=O)[C@H](C)N)CN(C)CCN(C)C[C@@H](C(N)=O)NC(=O)[C@H](C(C)(C)C)NC(=O)[C@H](CC(=O)O)NC(=O)[C@H](Cc2ccc(O)cc2)NC(=O)[C@H](Cc2ccccc2)NC(=O)[C@H](CC(=O)O)NC(=O)[C@H](CCC(=O)O)NC1=O. The Morgan fingerprint density at radius 2 is 0.902 bits per heavy atom. The zero-order chi connectivity index (χ0) is 99.3. The van der Waals surface area contributed by atoms with Gasteiger partial charge in [0.05, 0.1) is 25.3 Å². The van der Waals surface area contributed by atoms with E-state index in [4.69, 9.17) is 17.2 Å². The molecule has 0 unspecified atom stereocenters. The maximum atomic E-state index is 15.1. The van der Waals surface area contributed by atoms with Crippen molar-refractivity contribution >= 4 is 141 Å². The Morgan fingerprint density at radius 1 is 0.489 bits per heavy atom. The Labute approximate surface area is 770 Å². The number of aromatic hydroxyl groups is 1. The smallest absolute Gasteiger partial charge is 0.305 e. The number of hydrogen-bond acceptors (Lipinski definition) is 25. The summed E-state index contributed by atoms with van der Waals surface area (Å²) < 4.78 is 0. The lowest BCUT2D eigenvalue weighted by Gasteiger charge is -2.33. The van der Waals surface area contributed by atoms with Gasteiger partial charge in [0.2, 0.25) is 94.5 Å². The summed E-state index contributed by atoms with van der Waals surface area (Å²) in [6.07, 6.45) is -4.24. The fraction of sp³-hybridized carbons (Fsp3) is 0.477. The highest BCUT2D eigenvalue weighted by Gasteiger charge is 2.42. The Hall–Kier alpha value is -14.0. The molecule has 4 aromatic carbocycles. The van der Waals surface area contributed by atoms with Gasteiger partial charge in [0, 0.05) is 69.8 Å². The summed E-state index contributed by atoms with van der Waals surface area (Å²) in [5.41, 5.74) is 17.6. The molecule has 0 saturated carbocycles. The fourth-order valence-electron chi connectivity index (χ4n) is 13.5. The van der Waals surface area contributed by atoms with Crippen molar-refractivity contribution in [1.82, 2.24) is 84.2 Å². The van der Waals surface area contributed by atoms with Crippen molar-refractivity contribution in [3.8, 4) is 5.75 Å². The Balaban J connectivity index is 1.68. The van der Waals surface area contributed by atoms with E-state index in [1.165, 1.54) is 101 Å². The molecule has 1 saturated heterocycles. The topological polar surface area (TPSA) is 696 Å². The van der Waals surface area contributed by atoms with Crippen LogP contribution in [0.5, 0.6) is 5.75 Å². The molecule has 1 aliphatic rings. The number of amides is 16. The number of phenolic OH excluding ortho intramolecular Hbond substituents is 1. The van der Waals surface area contributed by atoms with Gasteiger partial charge in [-0.2, -0.15) is 11.8 Å². The van der Waals surface area contributed by atoms with E-state index in [-0.39, 0.29) is 49.0 Å². The van der Waals surface area contributed by atoms with Crippen molar-refractivity contribution in [3.63, 3.8) is 0 Å². The third kappa shape index (κ3) is 37.8. The maximum Gasteiger partial charge on any atom is 0.305 e. The molecule has 0 aromatic heterocycles. The van der Waals surface area contributed by atoms with Crippen molar-refractivity contribution in [2.45, 2.75) is 210 Å². The highest BCUT2D eigenvalue weighted by molar-refractivity contribution is 7.99. The van der Waals surface area contributed by atoms with Crippen LogP contribution in [-0.4, -0.2) is 296 Å². The second kappa shape index (κ2) is 53.4. The van der Waals surface area contributed by atoms with Crippen LogP contribution in [-0.2, 0) is 115 Å². The second-order valence-electron chi connectivity index (χ2n) is 33.2. The van der Waals surface area contributed by atoms with Crippen molar-refractivity contribution in [3.05, 3.63) is 138 Å².